The van der Waals surface area contributed by atoms with Crippen LogP contribution in [0.15, 0.2) is 4.52 Å². The van der Waals surface area contributed by atoms with Crippen LogP contribution in [-0.2, 0) is 20.7 Å². The van der Waals surface area contributed by atoms with Crippen molar-refractivity contribution in [2.75, 3.05) is 39.5 Å². The van der Waals surface area contributed by atoms with Gasteiger partial charge in [-0.25, -0.2) is 0 Å². The van der Waals surface area contributed by atoms with Crippen molar-refractivity contribution < 1.29 is 18.8 Å². The van der Waals surface area contributed by atoms with E-state index < -0.39 is 0 Å². The van der Waals surface area contributed by atoms with E-state index in [2.05, 4.69) is 10.1 Å². The van der Waals surface area contributed by atoms with Crippen LogP contribution < -0.4 is 0 Å². The summed E-state index contributed by atoms with van der Waals surface area (Å²) >= 11 is 0. The minimum Gasteiger partial charge on any atom is -0.381 e. The Balaban J connectivity index is 1.21. The number of rotatable bonds is 7. The molecule has 7 nitrogen and oxygen atoms in total. The van der Waals surface area contributed by atoms with E-state index in [9.17, 15) is 4.79 Å². The van der Waals surface area contributed by atoms with E-state index in [4.69, 9.17) is 14.0 Å². The van der Waals surface area contributed by atoms with Gasteiger partial charge in [-0.1, -0.05) is 11.6 Å². The van der Waals surface area contributed by atoms with Gasteiger partial charge in [0.15, 0.2) is 5.82 Å². The Labute approximate surface area is 160 Å². The van der Waals surface area contributed by atoms with E-state index in [0.29, 0.717) is 36.6 Å². The van der Waals surface area contributed by atoms with Crippen LogP contribution in [0.1, 0.15) is 62.6 Å². The van der Waals surface area contributed by atoms with Crippen molar-refractivity contribution in [2.45, 2.75) is 57.3 Å². The lowest BCUT2D eigenvalue weighted by atomic mass is 9.83. The molecule has 2 saturated heterocycles. The Kier molecular flexibility index (Phi) is 6.39. The third-order valence-corrected chi connectivity index (χ3v) is 6.18. The fourth-order valence-electron chi connectivity index (χ4n) is 4.15. The van der Waals surface area contributed by atoms with Crippen molar-refractivity contribution in [2.24, 2.45) is 11.8 Å². The maximum Gasteiger partial charge on any atom is 0.231 e. The molecule has 1 atom stereocenters. The zero-order valence-corrected chi connectivity index (χ0v) is 16.1. The number of aromatic nitrogens is 2. The zero-order valence-electron chi connectivity index (χ0n) is 16.1. The SMILES string of the molecule is O=C(C1CCC1)N1CCCC(c2nc(CCOCC3CCOCC3)no2)C1. The summed E-state index contributed by atoms with van der Waals surface area (Å²) in [6.07, 6.45) is 8.16. The number of hydrogen-bond donors (Lipinski definition) is 0. The molecule has 1 aliphatic carbocycles. The number of hydrogen-bond acceptors (Lipinski definition) is 6. The highest BCUT2D eigenvalue weighted by molar-refractivity contribution is 5.79. The summed E-state index contributed by atoms with van der Waals surface area (Å²) in [6.45, 7) is 4.69. The molecule has 0 N–H and O–H groups in total. The van der Waals surface area contributed by atoms with E-state index in [1.54, 1.807) is 0 Å². The second kappa shape index (κ2) is 9.15. The van der Waals surface area contributed by atoms with E-state index in [1.165, 1.54) is 6.42 Å². The van der Waals surface area contributed by atoms with E-state index in [0.717, 1.165) is 71.4 Å². The largest absolute Gasteiger partial charge is 0.381 e. The monoisotopic (exact) mass is 377 g/mol. The van der Waals surface area contributed by atoms with Gasteiger partial charge in [-0.05, 0) is 44.4 Å². The summed E-state index contributed by atoms with van der Waals surface area (Å²) in [5.74, 6) is 2.76. The Morgan fingerprint density at radius 3 is 2.78 bits per heavy atom. The number of ether oxygens (including phenoxy) is 2. The molecule has 4 rings (SSSR count). The van der Waals surface area contributed by atoms with Crippen LogP contribution in [0.25, 0.3) is 0 Å². The molecule has 0 bridgehead atoms. The summed E-state index contributed by atoms with van der Waals surface area (Å²) in [4.78, 5) is 19.1. The molecule has 1 aromatic rings. The molecule has 0 spiro atoms. The highest BCUT2D eigenvalue weighted by Crippen LogP contribution is 2.32. The molecular formula is C20H31N3O4. The molecule has 0 aromatic carbocycles. The molecule has 27 heavy (non-hydrogen) atoms. The van der Waals surface area contributed by atoms with Gasteiger partial charge in [0, 0.05) is 45.2 Å². The number of piperidine rings is 1. The van der Waals surface area contributed by atoms with Crippen LogP contribution in [0.5, 0.6) is 0 Å². The third kappa shape index (κ3) is 4.88. The van der Waals surface area contributed by atoms with Gasteiger partial charge >= 0.3 is 0 Å². The number of carbonyl (C=O) groups is 1. The normalized spacial score (nSPS) is 24.7. The topological polar surface area (TPSA) is 77.7 Å². The van der Waals surface area contributed by atoms with Gasteiger partial charge in [0.1, 0.15) is 0 Å². The first-order valence-corrected chi connectivity index (χ1v) is 10.6. The second-order valence-electron chi connectivity index (χ2n) is 8.18. The summed E-state index contributed by atoms with van der Waals surface area (Å²) in [6, 6.07) is 0. The number of likely N-dealkylation sites (tertiary alicyclic amines) is 1. The van der Waals surface area contributed by atoms with Crippen LogP contribution in [-0.4, -0.2) is 60.5 Å². The lowest BCUT2D eigenvalue weighted by Crippen LogP contribution is -2.44. The van der Waals surface area contributed by atoms with Gasteiger partial charge in [-0.2, -0.15) is 4.98 Å². The zero-order chi connectivity index (χ0) is 18.5. The van der Waals surface area contributed by atoms with Crippen LogP contribution in [0.2, 0.25) is 0 Å². The first-order valence-electron chi connectivity index (χ1n) is 10.6. The van der Waals surface area contributed by atoms with E-state index >= 15 is 0 Å². The molecule has 3 fully saturated rings. The Morgan fingerprint density at radius 2 is 2.00 bits per heavy atom. The van der Waals surface area contributed by atoms with Crippen LogP contribution >= 0.6 is 0 Å². The molecule has 1 aromatic heterocycles. The van der Waals surface area contributed by atoms with Crippen LogP contribution in [0.4, 0.5) is 0 Å². The van der Waals surface area contributed by atoms with Crippen molar-refractivity contribution in [1.29, 1.82) is 0 Å². The predicted octanol–water partition coefficient (Wildman–Crippen LogP) is 2.56. The van der Waals surface area contributed by atoms with E-state index in [-0.39, 0.29) is 11.8 Å². The summed E-state index contributed by atoms with van der Waals surface area (Å²) in [5, 5.41) is 4.12. The van der Waals surface area contributed by atoms with Gasteiger partial charge in [0.25, 0.3) is 0 Å². The fraction of sp³-hybridized carbons (Fsp3) is 0.850. The van der Waals surface area contributed by atoms with Crippen molar-refractivity contribution in [3.05, 3.63) is 11.7 Å². The lowest BCUT2D eigenvalue weighted by Gasteiger charge is -2.36. The quantitative estimate of drug-likeness (QED) is 0.680. The molecule has 2 aliphatic heterocycles. The highest BCUT2D eigenvalue weighted by Gasteiger charge is 2.34. The molecule has 7 heteroatoms. The maximum atomic E-state index is 12.5. The Morgan fingerprint density at radius 1 is 1.15 bits per heavy atom. The Bertz CT molecular complexity index is 610. The molecule has 1 saturated carbocycles. The molecular weight excluding hydrogens is 346 g/mol. The summed E-state index contributed by atoms with van der Waals surface area (Å²) in [7, 11) is 0. The molecule has 0 radical (unpaired) electrons. The minimum absolute atomic E-state index is 0.173. The highest BCUT2D eigenvalue weighted by atomic mass is 16.5. The molecule has 150 valence electrons. The van der Waals surface area contributed by atoms with Gasteiger partial charge in [-0.3, -0.25) is 4.79 Å². The molecule has 3 heterocycles. The van der Waals surface area contributed by atoms with Crippen molar-refractivity contribution >= 4 is 5.91 Å². The van der Waals surface area contributed by atoms with Gasteiger partial charge in [0.05, 0.1) is 12.5 Å². The number of amides is 1. The summed E-state index contributed by atoms with van der Waals surface area (Å²) < 4.78 is 16.7. The fourth-order valence-corrected chi connectivity index (χ4v) is 4.15. The average Bonchev–Trinajstić information content (AvgIpc) is 3.14. The Hall–Kier alpha value is -1.47. The number of carbonyl (C=O) groups excluding carboxylic acids is 1. The lowest BCUT2D eigenvalue weighted by molar-refractivity contribution is -0.139. The van der Waals surface area contributed by atoms with Gasteiger partial charge in [-0.15, -0.1) is 0 Å². The van der Waals surface area contributed by atoms with Crippen molar-refractivity contribution in [3.8, 4) is 0 Å². The van der Waals surface area contributed by atoms with Gasteiger partial charge in [0.2, 0.25) is 11.8 Å². The van der Waals surface area contributed by atoms with Gasteiger partial charge < -0.3 is 18.9 Å². The molecule has 1 unspecified atom stereocenters. The predicted molar refractivity (Wildman–Crippen MR) is 98.3 cm³/mol. The maximum absolute atomic E-state index is 12.5. The average molecular weight is 377 g/mol. The van der Waals surface area contributed by atoms with E-state index in [1.807, 2.05) is 4.90 Å². The summed E-state index contributed by atoms with van der Waals surface area (Å²) in [5.41, 5.74) is 0. The smallest absolute Gasteiger partial charge is 0.231 e. The standard InChI is InChI=1S/C20H31N3O4/c24-20(16-3-1-4-16)23-9-2-5-17(13-23)19-21-18(22-27-19)8-12-26-14-15-6-10-25-11-7-15/h15-17H,1-14H2. The third-order valence-electron chi connectivity index (χ3n) is 6.18. The van der Waals surface area contributed by atoms with Crippen LogP contribution in [0.3, 0.4) is 0 Å². The first-order chi connectivity index (χ1) is 13.3. The first kappa shape index (κ1) is 18.9. The van der Waals surface area contributed by atoms with Crippen molar-refractivity contribution in [1.82, 2.24) is 15.0 Å². The molecule has 1 amide bonds. The minimum atomic E-state index is 0.173. The van der Waals surface area contributed by atoms with Crippen molar-refractivity contribution in [3.63, 3.8) is 0 Å². The number of nitrogens with zero attached hydrogens (tertiary/aromatic N) is 3. The molecule has 3 aliphatic rings. The van der Waals surface area contributed by atoms with Crippen LogP contribution in [0, 0.1) is 11.8 Å². The second-order valence-corrected chi connectivity index (χ2v) is 8.18.